The molecule has 2 aromatic carbocycles. The van der Waals surface area contributed by atoms with Crippen LogP contribution in [0.3, 0.4) is 0 Å². The van der Waals surface area contributed by atoms with Crippen LogP contribution >= 0.6 is 11.8 Å². The van der Waals surface area contributed by atoms with Crippen molar-refractivity contribution in [2.75, 3.05) is 6.26 Å². The quantitative estimate of drug-likeness (QED) is 0.734. The normalized spacial score (nSPS) is 10.1. The van der Waals surface area contributed by atoms with Crippen molar-refractivity contribution in [2.24, 2.45) is 0 Å². The van der Waals surface area contributed by atoms with Crippen molar-refractivity contribution in [2.45, 2.75) is 11.5 Å². The Kier molecular flexibility index (Phi) is 3.89. The highest BCUT2D eigenvalue weighted by molar-refractivity contribution is 7.98. The Morgan fingerprint density at radius 3 is 2.56 bits per heavy atom. The van der Waals surface area contributed by atoms with Crippen LogP contribution < -0.4 is 4.74 Å². The molecule has 16 heavy (non-hydrogen) atoms. The molecule has 0 spiro atoms. The molecule has 0 radical (unpaired) electrons. The van der Waals surface area contributed by atoms with Crippen molar-refractivity contribution >= 4 is 11.8 Å². The van der Waals surface area contributed by atoms with Gasteiger partial charge in [0.1, 0.15) is 12.4 Å². The van der Waals surface area contributed by atoms with Crippen molar-refractivity contribution in [1.29, 1.82) is 0 Å². The molecule has 0 aliphatic heterocycles. The zero-order valence-corrected chi connectivity index (χ0v) is 10.0. The highest BCUT2D eigenvalue weighted by Gasteiger charge is 1.96. The van der Waals surface area contributed by atoms with E-state index in [9.17, 15) is 0 Å². The molecule has 0 saturated carbocycles. The van der Waals surface area contributed by atoms with E-state index < -0.39 is 0 Å². The maximum absolute atomic E-state index is 5.72. The first kappa shape index (κ1) is 11.1. The molecule has 0 heterocycles. The predicted octanol–water partition coefficient (Wildman–Crippen LogP) is 3.99. The van der Waals surface area contributed by atoms with Crippen LogP contribution in [0.5, 0.6) is 5.75 Å². The molecule has 1 nitrogen and oxygen atoms in total. The molecular weight excluding hydrogens is 216 g/mol. The monoisotopic (exact) mass is 230 g/mol. The van der Waals surface area contributed by atoms with Crippen LogP contribution in [0.4, 0.5) is 0 Å². The van der Waals surface area contributed by atoms with Gasteiger partial charge in [-0.05, 0) is 30.0 Å². The Labute approximate surface area is 100 Å². The Hall–Kier alpha value is -1.41. The standard InChI is InChI=1S/C14H14OS/c1-16-14-9-5-8-13(10-14)15-11-12-6-3-2-4-7-12/h2-10H,11H2,1H3. The van der Waals surface area contributed by atoms with Gasteiger partial charge < -0.3 is 4.74 Å². The summed E-state index contributed by atoms with van der Waals surface area (Å²) < 4.78 is 5.72. The maximum Gasteiger partial charge on any atom is 0.120 e. The number of hydrogen-bond donors (Lipinski definition) is 0. The van der Waals surface area contributed by atoms with Crippen LogP contribution in [0, 0.1) is 0 Å². The second-order valence-electron chi connectivity index (χ2n) is 3.45. The van der Waals surface area contributed by atoms with E-state index in [0.717, 1.165) is 5.75 Å². The van der Waals surface area contributed by atoms with Crippen LogP contribution in [0.25, 0.3) is 0 Å². The summed E-state index contributed by atoms with van der Waals surface area (Å²) in [4.78, 5) is 1.23. The van der Waals surface area contributed by atoms with Gasteiger partial charge in [0.05, 0.1) is 0 Å². The van der Waals surface area contributed by atoms with Gasteiger partial charge in [-0.25, -0.2) is 0 Å². The lowest BCUT2D eigenvalue weighted by Crippen LogP contribution is -1.94. The van der Waals surface area contributed by atoms with Gasteiger partial charge in [-0.3, -0.25) is 0 Å². The highest BCUT2D eigenvalue weighted by atomic mass is 32.2. The molecular formula is C14H14OS. The van der Waals surface area contributed by atoms with Crippen LogP contribution in [0.1, 0.15) is 5.56 Å². The molecule has 0 atom stereocenters. The van der Waals surface area contributed by atoms with E-state index in [-0.39, 0.29) is 0 Å². The summed E-state index contributed by atoms with van der Waals surface area (Å²) in [6.07, 6.45) is 2.07. The third-order valence-electron chi connectivity index (χ3n) is 2.29. The van der Waals surface area contributed by atoms with E-state index >= 15 is 0 Å². The minimum Gasteiger partial charge on any atom is -0.489 e. The van der Waals surface area contributed by atoms with Crippen molar-refractivity contribution in [3.63, 3.8) is 0 Å². The predicted molar refractivity (Wildman–Crippen MR) is 69.0 cm³/mol. The van der Waals surface area contributed by atoms with Crippen molar-refractivity contribution in [1.82, 2.24) is 0 Å². The van der Waals surface area contributed by atoms with E-state index in [1.54, 1.807) is 11.8 Å². The topological polar surface area (TPSA) is 9.23 Å². The highest BCUT2D eigenvalue weighted by Crippen LogP contribution is 2.21. The summed E-state index contributed by atoms with van der Waals surface area (Å²) in [6, 6.07) is 18.4. The summed E-state index contributed by atoms with van der Waals surface area (Å²) in [7, 11) is 0. The number of hydrogen-bond acceptors (Lipinski definition) is 2. The van der Waals surface area contributed by atoms with Gasteiger partial charge in [0.15, 0.2) is 0 Å². The lowest BCUT2D eigenvalue weighted by atomic mass is 10.2. The Balaban J connectivity index is 1.99. The second-order valence-corrected chi connectivity index (χ2v) is 4.33. The van der Waals surface area contributed by atoms with Gasteiger partial charge in [-0.15, -0.1) is 11.8 Å². The summed E-state index contributed by atoms with van der Waals surface area (Å²) >= 11 is 1.72. The van der Waals surface area contributed by atoms with Gasteiger partial charge in [-0.2, -0.15) is 0 Å². The number of ether oxygens (including phenoxy) is 1. The fourth-order valence-corrected chi connectivity index (χ4v) is 1.88. The molecule has 0 fully saturated rings. The molecule has 2 aromatic rings. The van der Waals surface area contributed by atoms with Gasteiger partial charge >= 0.3 is 0 Å². The zero-order valence-electron chi connectivity index (χ0n) is 9.22. The lowest BCUT2D eigenvalue weighted by molar-refractivity contribution is 0.305. The summed E-state index contributed by atoms with van der Waals surface area (Å²) in [6.45, 7) is 0.624. The lowest BCUT2D eigenvalue weighted by Gasteiger charge is -2.07. The average Bonchev–Trinajstić information content (AvgIpc) is 2.38. The molecule has 0 N–H and O–H groups in total. The van der Waals surface area contributed by atoms with Crippen LogP contribution in [-0.2, 0) is 6.61 Å². The largest absolute Gasteiger partial charge is 0.489 e. The number of rotatable bonds is 4. The summed E-state index contributed by atoms with van der Waals surface area (Å²) in [5.74, 6) is 0.927. The Morgan fingerprint density at radius 1 is 1.00 bits per heavy atom. The van der Waals surface area contributed by atoms with E-state index in [4.69, 9.17) is 4.74 Å². The van der Waals surface area contributed by atoms with E-state index in [1.165, 1.54) is 10.5 Å². The fourth-order valence-electron chi connectivity index (χ4n) is 1.43. The minimum atomic E-state index is 0.624. The van der Waals surface area contributed by atoms with Crippen LogP contribution in [0.15, 0.2) is 59.5 Å². The second kappa shape index (κ2) is 5.61. The third kappa shape index (κ3) is 3.04. The first-order valence-electron chi connectivity index (χ1n) is 5.19. The van der Waals surface area contributed by atoms with Crippen LogP contribution in [-0.4, -0.2) is 6.26 Å². The molecule has 0 aromatic heterocycles. The Bertz CT molecular complexity index is 439. The molecule has 0 saturated heterocycles. The first-order chi connectivity index (χ1) is 7.88. The van der Waals surface area contributed by atoms with Gasteiger partial charge in [0.25, 0.3) is 0 Å². The van der Waals surface area contributed by atoms with Crippen molar-refractivity contribution in [3.8, 4) is 5.75 Å². The third-order valence-corrected chi connectivity index (χ3v) is 3.01. The SMILES string of the molecule is CSc1cccc(OCc2ccccc2)c1. The van der Waals surface area contributed by atoms with Crippen molar-refractivity contribution in [3.05, 3.63) is 60.2 Å². The Morgan fingerprint density at radius 2 is 1.81 bits per heavy atom. The smallest absolute Gasteiger partial charge is 0.120 e. The molecule has 0 aliphatic rings. The maximum atomic E-state index is 5.72. The van der Waals surface area contributed by atoms with E-state index in [1.807, 2.05) is 30.3 Å². The van der Waals surface area contributed by atoms with E-state index in [0.29, 0.717) is 6.61 Å². The molecule has 2 heteroatoms. The first-order valence-corrected chi connectivity index (χ1v) is 6.42. The number of thioether (sulfide) groups is 1. The zero-order chi connectivity index (χ0) is 11.2. The molecule has 2 rings (SSSR count). The van der Waals surface area contributed by atoms with E-state index in [2.05, 4.69) is 30.5 Å². The van der Waals surface area contributed by atoms with Gasteiger partial charge in [0, 0.05) is 4.90 Å². The molecule has 0 aliphatic carbocycles. The average molecular weight is 230 g/mol. The fraction of sp³-hybridized carbons (Fsp3) is 0.143. The van der Waals surface area contributed by atoms with Crippen molar-refractivity contribution < 1.29 is 4.74 Å². The molecule has 0 amide bonds. The number of benzene rings is 2. The summed E-state index contributed by atoms with van der Waals surface area (Å²) in [5.41, 5.74) is 1.19. The van der Waals surface area contributed by atoms with Crippen LogP contribution in [0.2, 0.25) is 0 Å². The van der Waals surface area contributed by atoms with Gasteiger partial charge in [-0.1, -0.05) is 36.4 Å². The molecule has 0 unspecified atom stereocenters. The summed E-state index contributed by atoms with van der Waals surface area (Å²) in [5, 5.41) is 0. The van der Waals surface area contributed by atoms with Gasteiger partial charge in [0.2, 0.25) is 0 Å². The minimum absolute atomic E-state index is 0.624. The molecule has 82 valence electrons. The molecule has 0 bridgehead atoms.